The highest BCUT2D eigenvalue weighted by Crippen LogP contribution is 2.27. The van der Waals surface area contributed by atoms with Crippen molar-refractivity contribution in [1.82, 2.24) is 0 Å². The number of esters is 1. The SMILES string of the molecule is Cc1ccc(NC(=O)C(C)OC(=O)c2ccccc2C(=O)c2ccc(Cl)c([N+](=O)[O-])c2)cc1. The van der Waals surface area contributed by atoms with Crippen molar-refractivity contribution in [1.29, 1.82) is 0 Å². The van der Waals surface area contributed by atoms with Crippen molar-refractivity contribution in [3.05, 3.63) is 104 Å². The largest absolute Gasteiger partial charge is 0.449 e. The van der Waals surface area contributed by atoms with Crippen LogP contribution in [-0.2, 0) is 9.53 Å². The van der Waals surface area contributed by atoms with E-state index in [-0.39, 0.29) is 21.7 Å². The van der Waals surface area contributed by atoms with Crippen LogP contribution in [0, 0.1) is 17.0 Å². The van der Waals surface area contributed by atoms with Crippen molar-refractivity contribution < 1.29 is 24.0 Å². The number of aryl methyl sites for hydroxylation is 1. The van der Waals surface area contributed by atoms with Crippen molar-refractivity contribution >= 4 is 40.6 Å². The van der Waals surface area contributed by atoms with Gasteiger partial charge in [0.25, 0.3) is 11.6 Å². The topological polar surface area (TPSA) is 116 Å². The lowest BCUT2D eigenvalue weighted by molar-refractivity contribution is -0.384. The minimum Gasteiger partial charge on any atom is -0.449 e. The van der Waals surface area contributed by atoms with Gasteiger partial charge < -0.3 is 10.1 Å². The van der Waals surface area contributed by atoms with Gasteiger partial charge in [0.1, 0.15) is 5.02 Å². The fraction of sp³-hybridized carbons (Fsp3) is 0.125. The predicted molar refractivity (Wildman–Crippen MR) is 123 cm³/mol. The Bertz CT molecular complexity index is 1240. The van der Waals surface area contributed by atoms with Gasteiger partial charge in [-0.1, -0.05) is 47.5 Å². The fourth-order valence-electron chi connectivity index (χ4n) is 2.97. The fourth-order valence-corrected chi connectivity index (χ4v) is 3.15. The Morgan fingerprint density at radius 1 is 1.00 bits per heavy atom. The summed E-state index contributed by atoms with van der Waals surface area (Å²) in [6, 6.07) is 16.6. The van der Waals surface area contributed by atoms with Gasteiger partial charge in [-0.25, -0.2) is 4.79 Å². The standard InChI is InChI=1S/C24H19ClN2O6/c1-14-7-10-17(11-8-14)26-23(29)15(2)33-24(30)19-6-4-3-5-18(19)22(28)16-9-12-20(25)21(13-16)27(31)32/h3-13,15H,1-2H3,(H,26,29). The Kier molecular flexibility index (Phi) is 7.20. The quantitative estimate of drug-likeness (QED) is 0.227. The average Bonchev–Trinajstić information content (AvgIpc) is 2.80. The van der Waals surface area contributed by atoms with Crippen LogP contribution >= 0.6 is 11.6 Å². The van der Waals surface area contributed by atoms with Gasteiger partial charge in [-0.05, 0) is 44.2 Å². The van der Waals surface area contributed by atoms with Crippen LogP contribution in [0.4, 0.5) is 11.4 Å². The normalized spacial score (nSPS) is 11.4. The second-order valence-corrected chi connectivity index (χ2v) is 7.61. The molecule has 3 aromatic rings. The molecule has 1 amide bonds. The zero-order valence-electron chi connectivity index (χ0n) is 17.7. The molecule has 0 saturated carbocycles. The molecular formula is C24H19ClN2O6. The number of nitro groups is 1. The highest BCUT2D eigenvalue weighted by atomic mass is 35.5. The summed E-state index contributed by atoms with van der Waals surface area (Å²) in [4.78, 5) is 48.6. The van der Waals surface area contributed by atoms with Crippen molar-refractivity contribution in [2.45, 2.75) is 20.0 Å². The Morgan fingerprint density at radius 2 is 1.64 bits per heavy atom. The summed E-state index contributed by atoms with van der Waals surface area (Å²) in [6.07, 6.45) is -1.14. The Balaban J connectivity index is 1.79. The Morgan fingerprint density at radius 3 is 2.27 bits per heavy atom. The van der Waals surface area contributed by atoms with Crippen LogP contribution in [0.3, 0.4) is 0 Å². The smallest absolute Gasteiger partial charge is 0.339 e. The number of nitro benzene ring substituents is 1. The van der Waals surface area contributed by atoms with E-state index in [9.17, 15) is 24.5 Å². The maximum absolute atomic E-state index is 13.0. The van der Waals surface area contributed by atoms with Gasteiger partial charge in [0, 0.05) is 22.9 Å². The molecule has 0 saturated heterocycles. The van der Waals surface area contributed by atoms with Crippen LogP contribution in [0.2, 0.25) is 5.02 Å². The number of anilines is 1. The van der Waals surface area contributed by atoms with Crippen LogP contribution in [0.1, 0.15) is 38.8 Å². The first kappa shape index (κ1) is 23.6. The van der Waals surface area contributed by atoms with Crippen LogP contribution < -0.4 is 5.32 Å². The molecule has 0 aliphatic carbocycles. The number of carbonyl (C=O) groups is 3. The first-order valence-electron chi connectivity index (χ1n) is 9.83. The number of carbonyl (C=O) groups excluding carboxylic acids is 3. The number of nitrogens with one attached hydrogen (secondary N) is 1. The van der Waals surface area contributed by atoms with E-state index in [4.69, 9.17) is 16.3 Å². The van der Waals surface area contributed by atoms with Crippen molar-refractivity contribution in [2.24, 2.45) is 0 Å². The van der Waals surface area contributed by atoms with Crippen LogP contribution in [0.15, 0.2) is 66.7 Å². The van der Waals surface area contributed by atoms with Gasteiger partial charge in [0.05, 0.1) is 10.5 Å². The van der Waals surface area contributed by atoms with Gasteiger partial charge >= 0.3 is 5.97 Å². The summed E-state index contributed by atoms with van der Waals surface area (Å²) in [5, 5.41) is 13.7. The third-order valence-corrected chi connectivity index (χ3v) is 5.09. The molecule has 33 heavy (non-hydrogen) atoms. The zero-order valence-corrected chi connectivity index (χ0v) is 18.5. The molecule has 0 spiro atoms. The summed E-state index contributed by atoms with van der Waals surface area (Å²) >= 11 is 5.81. The third kappa shape index (κ3) is 5.61. The lowest BCUT2D eigenvalue weighted by Crippen LogP contribution is -2.30. The van der Waals surface area contributed by atoms with E-state index in [1.54, 1.807) is 18.2 Å². The van der Waals surface area contributed by atoms with Gasteiger partial charge in [-0.3, -0.25) is 19.7 Å². The molecule has 3 aromatic carbocycles. The molecule has 0 aliphatic rings. The first-order chi connectivity index (χ1) is 15.7. The van der Waals surface area contributed by atoms with Crippen molar-refractivity contribution in [3.63, 3.8) is 0 Å². The molecule has 0 fully saturated rings. The maximum atomic E-state index is 13.0. The summed E-state index contributed by atoms with van der Waals surface area (Å²) in [6.45, 7) is 3.32. The van der Waals surface area contributed by atoms with Crippen LogP contribution in [0.25, 0.3) is 0 Å². The van der Waals surface area contributed by atoms with E-state index in [0.29, 0.717) is 5.69 Å². The summed E-state index contributed by atoms with van der Waals surface area (Å²) in [7, 11) is 0. The minimum absolute atomic E-state index is 0.0171. The molecule has 0 radical (unpaired) electrons. The van der Waals surface area contributed by atoms with E-state index in [1.807, 2.05) is 19.1 Å². The van der Waals surface area contributed by atoms with E-state index in [2.05, 4.69) is 5.32 Å². The number of hydrogen-bond acceptors (Lipinski definition) is 6. The van der Waals surface area contributed by atoms with Crippen LogP contribution in [0.5, 0.6) is 0 Å². The maximum Gasteiger partial charge on any atom is 0.339 e. The molecule has 1 N–H and O–H groups in total. The van der Waals surface area contributed by atoms with Crippen molar-refractivity contribution in [3.8, 4) is 0 Å². The number of rotatable bonds is 7. The molecule has 8 nitrogen and oxygen atoms in total. The van der Waals surface area contributed by atoms with E-state index < -0.39 is 34.4 Å². The second kappa shape index (κ2) is 10.1. The van der Waals surface area contributed by atoms with E-state index in [0.717, 1.165) is 11.6 Å². The zero-order chi connectivity index (χ0) is 24.1. The summed E-state index contributed by atoms with van der Waals surface area (Å²) in [5.74, 6) is -2.04. The lowest BCUT2D eigenvalue weighted by Gasteiger charge is -2.15. The predicted octanol–water partition coefficient (Wildman–Crippen LogP) is 4.97. The molecule has 0 aromatic heterocycles. The van der Waals surface area contributed by atoms with Gasteiger partial charge in [-0.15, -0.1) is 0 Å². The van der Waals surface area contributed by atoms with Crippen molar-refractivity contribution in [2.75, 3.05) is 5.32 Å². The number of benzene rings is 3. The average molecular weight is 467 g/mol. The molecule has 0 aliphatic heterocycles. The number of ketones is 1. The number of nitrogens with zero attached hydrogens (tertiary/aromatic N) is 1. The molecule has 3 rings (SSSR count). The molecule has 0 heterocycles. The number of hydrogen-bond donors (Lipinski definition) is 1. The monoisotopic (exact) mass is 466 g/mol. The van der Waals surface area contributed by atoms with Gasteiger partial charge in [-0.2, -0.15) is 0 Å². The highest BCUT2D eigenvalue weighted by molar-refractivity contribution is 6.33. The summed E-state index contributed by atoms with van der Waals surface area (Å²) in [5.41, 5.74) is 1.04. The van der Waals surface area contributed by atoms with Crippen LogP contribution in [-0.4, -0.2) is 28.7 Å². The third-order valence-electron chi connectivity index (χ3n) is 4.77. The van der Waals surface area contributed by atoms with E-state index in [1.165, 1.54) is 37.3 Å². The number of ether oxygens (including phenoxy) is 1. The Labute approximate surface area is 194 Å². The van der Waals surface area contributed by atoms with Gasteiger partial charge in [0.15, 0.2) is 11.9 Å². The second-order valence-electron chi connectivity index (χ2n) is 7.20. The molecule has 1 atom stereocenters. The van der Waals surface area contributed by atoms with Gasteiger partial charge in [0.2, 0.25) is 0 Å². The lowest BCUT2D eigenvalue weighted by atomic mass is 9.98. The highest BCUT2D eigenvalue weighted by Gasteiger charge is 2.25. The molecule has 0 bridgehead atoms. The minimum atomic E-state index is -1.14. The Hall–Kier alpha value is -4.04. The molecular weight excluding hydrogens is 448 g/mol. The molecule has 168 valence electrons. The van der Waals surface area contributed by atoms with E-state index >= 15 is 0 Å². The molecule has 1 unspecified atom stereocenters. The number of halogens is 1. The molecule has 9 heteroatoms. The number of amides is 1. The summed E-state index contributed by atoms with van der Waals surface area (Å²) < 4.78 is 5.27. The first-order valence-corrected chi connectivity index (χ1v) is 10.2.